The summed E-state index contributed by atoms with van der Waals surface area (Å²) in [4.78, 5) is 25.0. The van der Waals surface area contributed by atoms with Crippen molar-refractivity contribution in [1.82, 2.24) is 5.32 Å². The third-order valence-electron chi connectivity index (χ3n) is 1.62. The minimum atomic E-state index is -0.658. The minimum Gasteiger partial charge on any atom is -0.372 e. The van der Waals surface area contributed by atoms with Gasteiger partial charge >= 0.3 is 5.97 Å². The van der Waals surface area contributed by atoms with E-state index in [-0.39, 0.29) is 0 Å². The van der Waals surface area contributed by atoms with Crippen LogP contribution in [0.2, 0.25) is 0 Å². The average molecular weight is 189 g/mol. The number of hydrogen-bond acceptors (Lipinski definition) is 5. The summed E-state index contributed by atoms with van der Waals surface area (Å²) in [7, 11) is 0. The van der Waals surface area contributed by atoms with Crippen LogP contribution in [0.5, 0.6) is 0 Å². The monoisotopic (exact) mass is 189 g/mol. The number of unbranched alkanes of at least 4 members (excludes halogenated alkanes) is 1. The van der Waals surface area contributed by atoms with Crippen molar-refractivity contribution in [3.8, 4) is 0 Å². The lowest BCUT2D eigenvalue weighted by molar-refractivity contribution is -0.147. The van der Waals surface area contributed by atoms with Crippen LogP contribution in [0, 0.1) is 0 Å². The van der Waals surface area contributed by atoms with Crippen LogP contribution in [0.1, 0.15) is 19.3 Å². The van der Waals surface area contributed by atoms with Gasteiger partial charge in [-0.1, -0.05) is 0 Å². The predicted molar refractivity (Wildman–Crippen MR) is 46.2 cm³/mol. The molecule has 0 aromatic rings. The summed E-state index contributed by atoms with van der Waals surface area (Å²) in [6.45, 7) is 0.561. The van der Waals surface area contributed by atoms with Gasteiger partial charge in [-0.2, -0.15) is 5.90 Å². The van der Waals surface area contributed by atoms with Crippen molar-refractivity contribution in [1.29, 1.82) is 0 Å². The van der Waals surface area contributed by atoms with Crippen LogP contribution in [0.3, 0.4) is 0 Å². The molecule has 6 nitrogen and oxygen atoms in total. The fourth-order valence-electron chi connectivity index (χ4n) is 0.926. The van der Waals surface area contributed by atoms with Gasteiger partial charge in [-0.3, -0.25) is 4.79 Å². The molecule has 0 rings (SSSR count). The van der Waals surface area contributed by atoms with E-state index in [0.29, 0.717) is 19.4 Å². The Balaban J connectivity index is 3.79. The van der Waals surface area contributed by atoms with Crippen molar-refractivity contribution in [3.05, 3.63) is 0 Å². The van der Waals surface area contributed by atoms with Crippen molar-refractivity contribution >= 4 is 12.4 Å². The van der Waals surface area contributed by atoms with Crippen molar-refractivity contribution < 1.29 is 14.4 Å². The Bertz CT molecular complexity index is 163. The third kappa shape index (κ3) is 5.15. The number of hydrogen-bond donors (Lipinski definition) is 3. The summed E-state index contributed by atoms with van der Waals surface area (Å²) in [6, 6.07) is -0.658. The van der Waals surface area contributed by atoms with Crippen LogP contribution in [-0.4, -0.2) is 25.0 Å². The Kier molecular flexibility index (Phi) is 6.85. The van der Waals surface area contributed by atoms with Gasteiger partial charge in [-0.15, -0.1) is 0 Å². The van der Waals surface area contributed by atoms with Gasteiger partial charge in [0.05, 0.1) is 0 Å². The van der Waals surface area contributed by atoms with Crippen LogP contribution >= 0.6 is 0 Å². The van der Waals surface area contributed by atoms with Crippen molar-refractivity contribution in [2.75, 3.05) is 6.54 Å². The van der Waals surface area contributed by atoms with Gasteiger partial charge in [0.25, 0.3) is 0 Å². The molecule has 5 N–H and O–H groups in total. The maximum atomic E-state index is 10.9. The molecule has 13 heavy (non-hydrogen) atoms. The maximum absolute atomic E-state index is 10.9. The molecule has 0 radical (unpaired) electrons. The molecule has 0 aliphatic carbocycles. The first-order valence-electron chi connectivity index (χ1n) is 4.06. The van der Waals surface area contributed by atoms with E-state index < -0.39 is 12.0 Å². The minimum absolute atomic E-state index is 0.448. The van der Waals surface area contributed by atoms with Gasteiger partial charge in [0.1, 0.15) is 6.04 Å². The van der Waals surface area contributed by atoms with E-state index in [1.165, 1.54) is 0 Å². The lowest BCUT2D eigenvalue weighted by Gasteiger charge is -2.11. The van der Waals surface area contributed by atoms with Crippen molar-refractivity contribution in [2.24, 2.45) is 11.6 Å². The topological polar surface area (TPSA) is 107 Å². The summed E-state index contributed by atoms with van der Waals surface area (Å²) >= 11 is 0. The van der Waals surface area contributed by atoms with Gasteiger partial charge in [0, 0.05) is 0 Å². The molecule has 0 bridgehead atoms. The smallest absolute Gasteiger partial charge is 0.347 e. The van der Waals surface area contributed by atoms with Gasteiger partial charge in [0.2, 0.25) is 6.41 Å². The predicted octanol–water partition coefficient (Wildman–Crippen LogP) is -1.35. The second-order valence-corrected chi connectivity index (χ2v) is 2.56. The van der Waals surface area contributed by atoms with Crippen LogP contribution < -0.4 is 16.9 Å². The fourth-order valence-corrected chi connectivity index (χ4v) is 0.926. The van der Waals surface area contributed by atoms with E-state index in [9.17, 15) is 9.59 Å². The number of amides is 1. The first kappa shape index (κ1) is 11.9. The molecule has 76 valence electrons. The van der Waals surface area contributed by atoms with E-state index in [0.717, 1.165) is 12.8 Å². The van der Waals surface area contributed by atoms with Crippen molar-refractivity contribution in [2.45, 2.75) is 25.3 Å². The van der Waals surface area contributed by atoms with E-state index >= 15 is 0 Å². The number of nitrogens with two attached hydrogens (primary N) is 2. The molecule has 0 aromatic heterocycles. The van der Waals surface area contributed by atoms with E-state index in [2.05, 4.69) is 16.1 Å². The first-order valence-corrected chi connectivity index (χ1v) is 4.06. The fraction of sp³-hybridized carbons (Fsp3) is 0.714. The highest BCUT2D eigenvalue weighted by Gasteiger charge is 2.17. The van der Waals surface area contributed by atoms with Gasteiger partial charge in [-0.25, -0.2) is 4.79 Å². The Hall–Kier alpha value is -1.14. The standard InChI is InChI=1S/C7H15N3O3/c8-4-2-1-3-6(10-5-11)7(12)13-9/h5-6H,1-4,8-9H2,(H,10,11)/t6-/m0/s1. The SMILES string of the molecule is NCCCC[C@H](NC=O)C(=O)ON. The summed E-state index contributed by atoms with van der Waals surface area (Å²) in [5.74, 6) is 4.04. The molecule has 0 saturated carbocycles. The highest BCUT2D eigenvalue weighted by Crippen LogP contribution is 2.00. The zero-order valence-electron chi connectivity index (χ0n) is 7.36. The molecule has 0 spiro atoms. The molecule has 0 aliphatic rings. The number of nitrogens with one attached hydrogen (secondary N) is 1. The molecule has 0 aliphatic heterocycles. The maximum Gasteiger partial charge on any atom is 0.347 e. The highest BCUT2D eigenvalue weighted by molar-refractivity contribution is 5.77. The number of carbonyl (C=O) groups is 2. The van der Waals surface area contributed by atoms with Gasteiger partial charge < -0.3 is 15.9 Å². The summed E-state index contributed by atoms with van der Waals surface area (Å²) in [6.07, 6.45) is 2.49. The largest absolute Gasteiger partial charge is 0.372 e. The summed E-state index contributed by atoms with van der Waals surface area (Å²) in [5, 5.41) is 2.32. The Morgan fingerprint density at radius 3 is 2.69 bits per heavy atom. The Morgan fingerprint density at radius 2 is 2.23 bits per heavy atom. The Labute approximate surface area is 76.5 Å². The van der Waals surface area contributed by atoms with E-state index in [1.807, 2.05) is 0 Å². The zero-order chi connectivity index (χ0) is 10.1. The van der Waals surface area contributed by atoms with E-state index in [4.69, 9.17) is 5.73 Å². The third-order valence-corrected chi connectivity index (χ3v) is 1.62. The van der Waals surface area contributed by atoms with Crippen molar-refractivity contribution in [3.63, 3.8) is 0 Å². The summed E-state index contributed by atoms with van der Waals surface area (Å²) in [5.41, 5.74) is 5.27. The average Bonchev–Trinajstić information content (AvgIpc) is 2.16. The number of rotatable bonds is 7. The molecule has 0 saturated heterocycles. The second-order valence-electron chi connectivity index (χ2n) is 2.56. The summed E-state index contributed by atoms with van der Waals surface area (Å²) < 4.78 is 0. The van der Waals surface area contributed by atoms with Crippen LogP contribution in [-0.2, 0) is 14.4 Å². The molecule has 1 amide bonds. The zero-order valence-corrected chi connectivity index (χ0v) is 7.36. The lowest BCUT2D eigenvalue weighted by atomic mass is 10.1. The second kappa shape index (κ2) is 7.51. The van der Waals surface area contributed by atoms with Crippen LogP contribution in [0.4, 0.5) is 0 Å². The van der Waals surface area contributed by atoms with Crippen LogP contribution in [0.25, 0.3) is 0 Å². The molecule has 0 fully saturated rings. The molecule has 0 heterocycles. The molecule has 0 aromatic carbocycles. The van der Waals surface area contributed by atoms with Gasteiger partial charge in [-0.05, 0) is 25.8 Å². The Morgan fingerprint density at radius 1 is 1.54 bits per heavy atom. The lowest BCUT2D eigenvalue weighted by Crippen LogP contribution is -2.38. The van der Waals surface area contributed by atoms with Crippen LogP contribution in [0.15, 0.2) is 0 Å². The first-order chi connectivity index (χ1) is 6.26. The molecule has 6 heteroatoms. The number of carbonyl (C=O) groups excluding carboxylic acids is 2. The molecule has 0 unspecified atom stereocenters. The van der Waals surface area contributed by atoms with E-state index in [1.54, 1.807) is 0 Å². The van der Waals surface area contributed by atoms with Gasteiger partial charge in [0.15, 0.2) is 0 Å². The molecular weight excluding hydrogens is 174 g/mol. The molecular formula is C7H15N3O3. The highest BCUT2D eigenvalue weighted by atomic mass is 16.7. The quantitative estimate of drug-likeness (QED) is 0.260. The normalized spacial score (nSPS) is 11.8. The molecule has 1 atom stereocenters.